The fraction of sp³-hybridized carbons (Fsp3) is 0.130. The van der Waals surface area contributed by atoms with Gasteiger partial charge in [0, 0.05) is 23.4 Å². The molecular formula is C23H19N7O5S. The summed E-state index contributed by atoms with van der Waals surface area (Å²) in [6.07, 6.45) is 0. The van der Waals surface area contributed by atoms with Crippen LogP contribution in [0.25, 0.3) is 22.2 Å². The molecule has 3 heterocycles. The smallest absolute Gasteiger partial charge is 0.437 e. The molecule has 0 aliphatic carbocycles. The van der Waals surface area contributed by atoms with Gasteiger partial charge in [-0.25, -0.2) is 14.5 Å². The first kappa shape index (κ1) is 23.0. The van der Waals surface area contributed by atoms with Crippen molar-refractivity contribution in [3.63, 3.8) is 0 Å². The van der Waals surface area contributed by atoms with Gasteiger partial charge in [0.05, 0.1) is 25.6 Å². The van der Waals surface area contributed by atoms with Crippen molar-refractivity contribution in [2.24, 2.45) is 10.2 Å². The van der Waals surface area contributed by atoms with Gasteiger partial charge in [-0.3, -0.25) is 4.52 Å². The van der Waals surface area contributed by atoms with Gasteiger partial charge in [0.1, 0.15) is 17.2 Å². The lowest BCUT2D eigenvalue weighted by molar-refractivity contribution is -0.660. The predicted octanol–water partition coefficient (Wildman–Crippen LogP) is 3.37. The van der Waals surface area contributed by atoms with Crippen molar-refractivity contribution in [2.45, 2.75) is 6.92 Å². The molecule has 0 fully saturated rings. The third kappa shape index (κ3) is 4.22. The normalized spacial score (nSPS) is 11.3. The number of aromatic nitrogens is 5. The van der Waals surface area contributed by atoms with Crippen molar-refractivity contribution >= 4 is 22.7 Å². The van der Waals surface area contributed by atoms with Gasteiger partial charge in [-0.05, 0) is 53.3 Å². The molecule has 13 heteroatoms. The summed E-state index contributed by atoms with van der Waals surface area (Å²) in [6.45, 7) is 1.66. The molecule has 0 radical (unpaired) electrons. The highest BCUT2D eigenvalue weighted by Crippen LogP contribution is 2.33. The minimum absolute atomic E-state index is 0.0945. The lowest BCUT2D eigenvalue weighted by Gasteiger charge is -2.07. The summed E-state index contributed by atoms with van der Waals surface area (Å²) in [5, 5.41) is 30.0. The van der Waals surface area contributed by atoms with Gasteiger partial charge in [0.15, 0.2) is 5.69 Å². The summed E-state index contributed by atoms with van der Waals surface area (Å²) in [5.41, 5.74) is 1.54. The molecule has 0 amide bonds. The Hall–Kier alpha value is -4.78. The number of hydrogen-bond donors (Lipinski definition) is 1. The second-order valence-corrected chi connectivity index (χ2v) is 8.26. The van der Waals surface area contributed by atoms with Crippen LogP contribution in [-0.2, 0) is 0 Å². The van der Waals surface area contributed by atoms with E-state index in [0.29, 0.717) is 34.3 Å². The molecule has 5 aromatic rings. The van der Waals surface area contributed by atoms with E-state index in [1.54, 1.807) is 75.1 Å². The van der Waals surface area contributed by atoms with Crippen LogP contribution in [0.1, 0.15) is 5.69 Å². The van der Waals surface area contributed by atoms with E-state index in [1.807, 2.05) is 0 Å². The lowest BCUT2D eigenvalue weighted by Crippen LogP contribution is -2.36. The molecule has 0 bridgehead atoms. The SMILES string of the molecule is COc1ccc(N=Nc2c(C)nn(-c3nc(-c4c(=O)o[nH][n+]4-c4ccc(OC)cc4)cs3)c2[O-])cc1. The van der Waals surface area contributed by atoms with Crippen LogP contribution in [-0.4, -0.2) is 34.3 Å². The second-order valence-electron chi connectivity index (χ2n) is 7.43. The van der Waals surface area contributed by atoms with E-state index in [9.17, 15) is 9.90 Å². The highest BCUT2D eigenvalue weighted by molar-refractivity contribution is 7.12. The van der Waals surface area contributed by atoms with Crippen molar-refractivity contribution < 1.29 is 23.8 Å². The van der Waals surface area contributed by atoms with Gasteiger partial charge >= 0.3 is 11.3 Å². The Balaban J connectivity index is 1.46. The number of nitrogens with zero attached hydrogens (tertiary/aromatic N) is 6. The number of nitrogens with one attached hydrogen (secondary N) is 1. The molecule has 0 spiro atoms. The van der Waals surface area contributed by atoms with Crippen LogP contribution < -0.4 is 24.9 Å². The molecule has 0 saturated heterocycles. The van der Waals surface area contributed by atoms with Gasteiger partial charge in [-0.1, -0.05) is 0 Å². The summed E-state index contributed by atoms with van der Waals surface area (Å²) >= 11 is 1.15. The van der Waals surface area contributed by atoms with Gasteiger partial charge in [-0.2, -0.15) is 10.2 Å². The molecular weight excluding hydrogens is 486 g/mol. The number of benzene rings is 2. The lowest BCUT2D eigenvalue weighted by atomic mass is 10.3. The summed E-state index contributed by atoms with van der Waals surface area (Å²) < 4.78 is 17.9. The molecule has 0 atom stereocenters. The van der Waals surface area contributed by atoms with Crippen LogP contribution in [0.15, 0.2) is 73.5 Å². The van der Waals surface area contributed by atoms with E-state index in [4.69, 9.17) is 14.0 Å². The fourth-order valence-electron chi connectivity index (χ4n) is 3.37. The monoisotopic (exact) mass is 505 g/mol. The average Bonchev–Trinajstić information content (AvgIpc) is 3.60. The van der Waals surface area contributed by atoms with Crippen molar-refractivity contribution in [3.05, 3.63) is 70.0 Å². The topological polar surface area (TPSA) is 147 Å². The number of aromatic amines is 1. The summed E-state index contributed by atoms with van der Waals surface area (Å²) in [4.78, 5) is 16.9. The molecule has 0 unspecified atom stereocenters. The van der Waals surface area contributed by atoms with Crippen LogP contribution in [0.5, 0.6) is 17.4 Å². The van der Waals surface area contributed by atoms with E-state index in [1.165, 1.54) is 4.68 Å². The maximum atomic E-state index is 13.0. The number of aryl methyl sites for hydroxylation is 1. The summed E-state index contributed by atoms with van der Waals surface area (Å²) in [6, 6.07) is 14.0. The first-order valence-electron chi connectivity index (χ1n) is 10.5. The van der Waals surface area contributed by atoms with Gasteiger partial charge < -0.3 is 14.6 Å². The Labute approximate surface area is 207 Å². The second kappa shape index (κ2) is 9.46. The van der Waals surface area contributed by atoms with E-state index in [-0.39, 0.29) is 16.5 Å². The van der Waals surface area contributed by atoms with E-state index >= 15 is 0 Å². The molecule has 12 nitrogen and oxygen atoms in total. The van der Waals surface area contributed by atoms with Crippen molar-refractivity contribution in [1.82, 2.24) is 20.0 Å². The number of thiazole rings is 1. The molecule has 0 aliphatic heterocycles. The van der Waals surface area contributed by atoms with Crippen LogP contribution >= 0.6 is 11.3 Å². The zero-order valence-corrected chi connectivity index (χ0v) is 20.1. The molecule has 182 valence electrons. The van der Waals surface area contributed by atoms with Crippen molar-refractivity contribution in [2.75, 3.05) is 14.2 Å². The molecule has 1 N–H and O–H groups in total. The Kier molecular flexibility index (Phi) is 6.04. The molecule has 0 saturated carbocycles. The number of H-pyrrole nitrogens is 1. The fourth-order valence-corrected chi connectivity index (χ4v) is 4.13. The minimum atomic E-state index is -0.615. The molecule has 3 aromatic heterocycles. The number of azo groups is 1. The Morgan fingerprint density at radius 3 is 2.39 bits per heavy atom. The number of rotatable bonds is 7. The van der Waals surface area contributed by atoms with Crippen LogP contribution in [0.2, 0.25) is 0 Å². The highest BCUT2D eigenvalue weighted by atomic mass is 32.1. The zero-order chi connectivity index (χ0) is 25.2. The predicted molar refractivity (Wildman–Crippen MR) is 127 cm³/mol. The van der Waals surface area contributed by atoms with E-state index < -0.39 is 11.5 Å². The quantitative estimate of drug-likeness (QED) is 0.263. The van der Waals surface area contributed by atoms with E-state index in [2.05, 4.69) is 25.6 Å². The van der Waals surface area contributed by atoms with Crippen LogP contribution in [0, 0.1) is 6.92 Å². The zero-order valence-electron chi connectivity index (χ0n) is 19.3. The van der Waals surface area contributed by atoms with Gasteiger partial charge in [0.25, 0.3) is 0 Å². The molecule has 36 heavy (non-hydrogen) atoms. The maximum Gasteiger partial charge on any atom is 0.437 e. The first-order chi connectivity index (χ1) is 17.5. The Morgan fingerprint density at radius 1 is 1.06 bits per heavy atom. The Morgan fingerprint density at radius 2 is 1.72 bits per heavy atom. The van der Waals surface area contributed by atoms with Crippen LogP contribution in [0.3, 0.4) is 0 Å². The number of ether oxygens (including phenoxy) is 2. The molecule has 5 rings (SSSR count). The largest absolute Gasteiger partial charge is 0.857 e. The van der Waals surface area contributed by atoms with E-state index in [0.717, 1.165) is 16.0 Å². The van der Waals surface area contributed by atoms with Crippen molar-refractivity contribution in [1.29, 1.82) is 0 Å². The minimum Gasteiger partial charge on any atom is -0.857 e. The summed E-state index contributed by atoms with van der Waals surface area (Å²) in [7, 11) is 3.14. The number of methoxy groups -OCH3 is 2. The standard InChI is InChI=1S/C23H19N7O5S/c1-13-19(26-25-14-4-8-16(33-2)9-5-14)21(31)30(27-13)23-24-18(12-36-23)20-22(32)35-28-29(20)15-6-10-17(34-3)11-7-15/h4-12H,1-3H3,(H-,25,27,28,31,32). The third-order valence-electron chi connectivity index (χ3n) is 5.22. The molecule has 2 aromatic carbocycles. The van der Waals surface area contributed by atoms with Gasteiger partial charge in [0.2, 0.25) is 10.8 Å². The summed E-state index contributed by atoms with van der Waals surface area (Å²) in [5.74, 6) is 0.876. The third-order valence-corrected chi connectivity index (χ3v) is 6.03. The average molecular weight is 506 g/mol. The van der Waals surface area contributed by atoms with Crippen LogP contribution in [0.4, 0.5) is 11.4 Å². The molecule has 0 aliphatic rings. The first-order valence-corrected chi connectivity index (χ1v) is 11.4. The Bertz CT molecular complexity index is 1600. The van der Waals surface area contributed by atoms with Crippen molar-refractivity contribution in [3.8, 4) is 39.6 Å². The number of hydrogen-bond acceptors (Lipinski definition) is 10. The highest BCUT2D eigenvalue weighted by Gasteiger charge is 2.28. The van der Waals surface area contributed by atoms with Gasteiger partial charge in [-0.15, -0.1) is 16.5 Å². The maximum absolute atomic E-state index is 13.0.